The monoisotopic (exact) mass is 539 g/mol. The summed E-state index contributed by atoms with van der Waals surface area (Å²) in [5.74, 6) is 1.22. The number of rotatable bonds is 4. The van der Waals surface area contributed by atoms with Gasteiger partial charge in [-0.1, -0.05) is 0 Å². The first-order chi connectivity index (χ1) is 12.0. The van der Waals surface area contributed by atoms with E-state index in [-0.39, 0.29) is 0 Å². The van der Waals surface area contributed by atoms with E-state index in [2.05, 4.69) is 85.0 Å². The van der Waals surface area contributed by atoms with Gasteiger partial charge in [0.2, 0.25) is 0 Å². The number of halogens is 1. The number of benzene rings is 1. The minimum atomic E-state index is -0.493. The van der Waals surface area contributed by atoms with Gasteiger partial charge in [-0.25, -0.2) is 0 Å². The Morgan fingerprint density at radius 3 is 2.24 bits per heavy atom. The molecule has 0 aliphatic carbocycles. The van der Waals surface area contributed by atoms with Gasteiger partial charge in [0.05, 0.1) is 0 Å². The average molecular weight is 540 g/mol. The summed E-state index contributed by atoms with van der Waals surface area (Å²) >= 11 is -0.493. The molecule has 0 amide bonds. The second kappa shape index (κ2) is 7.55. The van der Waals surface area contributed by atoms with E-state index in [0.29, 0.717) is 0 Å². The normalized spacial score (nSPS) is 12.8. The summed E-state index contributed by atoms with van der Waals surface area (Å²) in [6, 6.07) is 11.0. The van der Waals surface area contributed by atoms with Crippen LogP contribution < -0.4 is 4.90 Å². The van der Waals surface area contributed by atoms with Crippen LogP contribution in [0.4, 0.5) is 5.82 Å². The molecule has 3 aromatic rings. The van der Waals surface area contributed by atoms with Crippen LogP contribution in [0.15, 0.2) is 36.5 Å². The molecule has 0 atom stereocenters. The van der Waals surface area contributed by atoms with E-state index < -0.39 is 18.2 Å². The van der Waals surface area contributed by atoms with Crippen LogP contribution in [0.5, 0.6) is 0 Å². The third-order valence-corrected chi connectivity index (χ3v) is 6.83. The minimum absolute atomic E-state index is 0.493. The number of nitrogens with zero attached hydrogens (tertiary/aromatic N) is 3. The van der Waals surface area contributed by atoms with Gasteiger partial charge in [0.15, 0.2) is 0 Å². The zero-order valence-corrected chi connectivity index (χ0v) is 18.3. The van der Waals surface area contributed by atoms with Crippen LogP contribution in [0.3, 0.4) is 0 Å². The summed E-state index contributed by atoms with van der Waals surface area (Å²) in [5, 5.41) is 0. The number of aromatic nitrogens is 2. The fourth-order valence-corrected chi connectivity index (χ4v) is 5.79. The number of fused-ring (bicyclic) bond motifs is 1. The van der Waals surface area contributed by atoms with E-state index in [0.717, 1.165) is 13.1 Å². The maximum atomic E-state index is 6.54. The molecule has 3 nitrogen and oxygen atoms in total. The van der Waals surface area contributed by atoms with Crippen LogP contribution in [0, 0.1) is 24.4 Å². The van der Waals surface area contributed by atoms with Gasteiger partial charge in [-0.15, -0.1) is 0 Å². The number of anilines is 1. The van der Waals surface area contributed by atoms with Crippen LogP contribution in [0.25, 0.3) is 11.2 Å². The van der Waals surface area contributed by atoms with Crippen molar-refractivity contribution in [3.8, 4) is 5.69 Å². The molecule has 0 saturated carbocycles. The molecular formula is C20H25AuClN3. The molecule has 138 valence electrons. The molecule has 5 heteroatoms. The molecule has 3 rings (SSSR count). The standard InChI is InChI=1S/C20H25N3.Au.ClH/c1-6-21(7-2)19-10-8-9-18-13-22(14-23(18)19)20-16(4)11-15(3)12-17(20)5;;/h8-13H,6-7H2,1-5H3;;1H/q;+1;/p-1. The van der Waals surface area contributed by atoms with Crippen molar-refractivity contribution in [2.24, 2.45) is 0 Å². The molecule has 25 heavy (non-hydrogen) atoms. The molecule has 0 unspecified atom stereocenters. The van der Waals surface area contributed by atoms with Crippen molar-refractivity contribution < 1.29 is 18.2 Å². The van der Waals surface area contributed by atoms with Gasteiger partial charge >= 0.3 is 163 Å². The summed E-state index contributed by atoms with van der Waals surface area (Å²) in [6.45, 7) is 12.9. The molecule has 0 aliphatic heterocycles. The fraction of sp³-hybridized carbons (Fsp3) is 0.350. The van der Waals surface area contributed by atoms with Gasteiger partial charge in [0.25, 0.3) is 0 Å². The van der Waals surface area contributed by atoms with Crippen molar-refractivity contribution in [2.45, 2.75) is 34.6 Å². The molecule has 0 bridgehead atoms. The molecule has 0 aliphatic rings. The maximum absolute atomic E-state index is 6.54. The van der Waals surface area contributed by atoms with Crippen LogP contribution in [-0.2, 0) is 18.2 Å². The number of pyridine rings is 1. The molecule has 2 heterocycles. The number of hydrogen-bond donors (Lipinski definition) is 0. The summed E-state index contributed by atoms with van der Waals surface area (Å²) < 4.78 is 5.83. The third kappa shape index (κ3) is 3.26. The van der Waals surface area contributed by atoms with Gasteiger partial charge in [-0.2, -0.15) is 0 Å². The van der Waals surface area contributed by atoms with E-state index >= 15 is 0 Å². The molecule has 1 aromatic carbocycles. The summed E-state index contributed by atoms with van der Waals surface area (Å²) in [5.41, 5.74) is 6.32. The van der Waals surface area contributed by atoms with Crippen molar-refractivity contribution in [1.29, 1.82) is 0 Å². The molecule has 0 spiro atoms. The molecule has 0 N–H and O–H groups in total. The van der Waals surface area contributed by atoms with Crippen LogP contribution in [0.1, 0.15) is 30.5 Å². The first kappa shape index (κ1) is 18.5. The van der Waals surface area contributed by atoms with Crippen molar-refractivity contribution in [3.05, 3.63) is 56.8 Å². The second-order valence-electron chi connectivity index (χ2n) is 6.35. The predicted molar refractivity (Wildman–Crippen MR) is 104 cm³/mol. The van der Waals surface area contributed by atoms with Gasteiger partial charge in [-0.05, 0) is 0 Å². The van der Waals surface area contributed by atoms with E-state index in [1.807, 2.05) is 0 Å². The Labute approximate surface area is 162 Å². The zero-order valence-electron chi connectivity index (χ0n) is 15.4. The van der Waals surface area contributed by atoms with Gasteiger partial charge < -0.3 is 0 Å². The summed E-state index contributed by atoms with van der Waals surface area (Å²) in [4.78, 5) is 2.38. The van der Waals surface area contributed by atoms with Crippen molar-refractivity contribution in [2.75, 3.05) is 18.0 Å². The first-order valence-corrected chi connectivity index (χ1v) is 12.4. The Hall–Kier alpha value is -1.26. The van der Waals surface area contributed by atoms with Crippen molar-refractivity contribution in [1.82, 2.24) is 8.97 Å². The quantitative estimate of drug-likeness (QED) is 0.412. The van der Waals surface area contributed by atoms with Crippen molar-refractivity contribution >= 4 is 20.5 Å². The first-order valence-electron chi connectivity index (χ1n) is 8.60. The van der Waals surface area contributed by atoms with Gasteiger partial charge in [-0.3, -0.25) is 0 Å². The summed E-state index contributed by atoms with van der Waals surface area (Å²) in [7, 11) is 6.54. The zero-order chi connectivity index (χ0) is 18.1. The van der Waals surface area contributed by atoms with Gasteiger partial charge in [0.1, 0.15) is 0 Å². The van der Waals surface area contributed by atoms with Crippen LogP contribution in [0.2, 0.25) is 0 Å². The molecule has 0 radical (unpaired) electrons. The predicted octanol–water partition coefficient (Wildman–Crippen LogP) is 5.27. The SMILES string of the molecule is CCN(CC)c1cccc2cn(-c3c(C)cc(C)cc3C)[c](=[Au][Cl])n12. The fourth-order valence-electron chi connectivity index (χ4n) is 3.63. The van der Waals surface area contributed by atoms with E-state index in [1.165, 1.54) is 37.3 Å². The van der Waals surface area contributed by atoms with E-state index in [9.17, 15) is 0 Å². The molecule has 2 aromatic heterocycles. The Morgan fingerprint density at radius 2 is 1.68 bits per heavy atom. The Bertz CT molecular complexity index is 957. The van der Waals surface area contributed by atoms with E-state index in [4.69, 9.17) is 9.19 Å². The average Bonchev–Trinajstić information content (AvgIpc) is 2.93. The Balaban J connectivity index is 2.39. The number of hydrogen-bond acceptors (Lipinski definition) is 1. The van der Waals surface area contributed by atoms with Crippen molar-refractivity contribution in [3.63, 3.8) is 0 Å². The Kier molecular flexibility index (Phi) is 5.59. The molecule has 0 saturated heterocycles. The van der Waals surface area contributed by atoms with E-state index in [1.54, 1.807) is 0 Å². The van der Waals surface area contributed by atoms with Gasteiger partial charge in [0, 0.05) is 0 Å². The Morgan fingerprint density at radius 1 is 1.04 bits per heavy atom. The second-order valence-corrected chi connectivity index (χ2v) is 8.67. The van der Waals surface area contributed by atoms with Crippen LogP contribution >= 0.6 is 9.19 Å². The molecule has 0 fully saturated rings. The van der Waals surface area contributed by atoms with Crippen LogP contribution in [-0.4, -0.2) is 22.1 Å². The number of aryl methyl sites for hydroxylation is 3. The third-order valence-electron chi connectivity index (χ3n) is 4.62. The topological polar surface area (TPSA) is 12.6 Å². The number of imidazole rings is 1. The summed E-state index contributed by atoms with van der Waals surface area (Å²) in [6.07, 6.45) is 2.23. The molecular weight excluding hydrogens is 515 g/mol.